The molecule has 1 aliphatic heterocycles. The standard InChI is InChI=1S/C12H18ClN3/c1-3-10-6-4-5-7-16(10)12-9(2)11(13)14-8-15-12/h8,10H,3-7H2,1-2H3. The van der Waals surface area contributed by atoms with E-state index >= 15 is 0 Å². The van der Waals surface area contributed by atoms with Crippen LogP contribution in [-0.4, -0.2) is 22.6 Å². The number of anilines is 1. The van der Waals surface area contributed by atoms with Crippen molar-refractivity contribution in [2.45, 2.75) is 45.6 Å². The van der Waals surface area contributed by atoms with E-state index in [0.717, 1.165) is 17.9 Å². The zero-order valence-corrected chi connectivity index (χ0v) is 10.7. The molecule has 1 fully saturated rings. The van der Waals surface area contributed by atoms with Crippen LogP contribution in [0.3, 0.4) is 0 Å². The van der Waals surface area contributed by atoms with Gasteiger partial charge in [0.05, 0.1) is 0 Å². The number of hydrogen-bond acceptors (Lipinski definition) is 3. The van der Waals surface area contributed by atoms with Crippen LogP contribution in [0.5, 0.6) is 0 Å². The molecule has 0 radical (unpaired) electrons. The van der Waals surface area contributed by atoms with Crippen molar-refractivity contribution < 1.29 is 0 Å². The minimum Gasteiger partial charge on any atom is -0.353 e. The molecule has 2 heterocycles. The fourth-order valence-corrected chi connectivity index (χ4v) is 2.54. The molecular formula is C12H18ClN3. The molecule has 2 rings (SSSR count). The van der Waals surface area contributed by atoms with E-state index in [1.54, 1.807) is 6.33 Å². The largest absolute Gasteiger partial charge is 0.353 e. The first kappa shape index (κ1) is 11.6. The summed E-state index contributed by atoms with van der Waals surface area (Å²) in [6, 6.07) is 0.610. The number of nitrogens with zero attached hydrogens (tertiary/aromatic N) is 3. The topological polar surface area (TPSA) is 29.0 Å². The highest BCUT2D eigenvalue weighted by Gasteiger charge is 2.23. The Morgan fingerprint density at radius 2 is 2.25 bits per heavy atom. The van der Waals surface area contributed by atoms with Gasteiger partial charge in [-0.05, 0) is 32.6 Å². The van der Waals surface area contributed by atoms with Gasteiger partial charge in [0.1, 0.15) is 17.3 Å². The number of aromatic nitrogens is 2. The predicted molar refractivity (Wildman–Crippen MR) is 67.1 cm³/mol. The molecule has 0 bridgehead atoms. The molecule has 0 N–H and O–H groups in total. The van der Waals surface area contributed by atoms with Crippen molar-refractivity contribution in [3.8, 4) is 0 Å². The molecule has 0 aromatic carbocycles. The zero-order chi connectivity index (χ0) is 11.5. The quantitative estimate of drug-likeness (QED) is 0.743. The second-order valence-corrected chi connectivity index (χ2v) is 4.72. The van der Waals surface area contributed by atoms with Gasteiger partial charge in [0.25, 0.3) is 0 Å². The average Bonchev–Trinajstić information content (AvgIpc) is 2.33. The molecule has 0 amide bonds. The van der Waals surface area contributed by atoms with E-state index in [2.05, 4.69) is 21.8 Å². The Bertz CT molecular complexity index is 367. The third kappa shape index (κ3) is 2.14. The van der Waals surface area contributed by atoms with Crippen molar-refractivity contribution in [2.24, 2.45) is 0 Å². The molecule has 0 aliphatic carbocycles. The SMILES string of the molecule is CCC1CCCCN1c1ncnc(Cl)c1C. The molecule has 0 saturated carbocycles. The van der Waals surface area contributed by atoms with Crippen molar-refractivity contribution in [3.63, 3.8) is 0 Å². The molecule has 1 saturated heterocycles. The first-order chi connectivity index (χ1) is 7.74. The van der Waals surface area contributed by atoms with Crippen LogP contribution in [0, 0.1) is 6.92 Å². The second kappa shape index (κ2) is 5.00. The molecule has 1 atom stereocenters. The Balaban J connectivity index is 2.30. The molecule has 1 aliphatic rings. The summed E-state index contributed by atoms with van der Waals surface area (Å²) < 4.78 is 0. The van der Waals surface area contributed by atoms with E-state index in [1.165, 1.54) is 25.7 Å². The Morgan fingerprint density at radius 3 is 3.00 bits per heavy atom. The van der Waals surface area contributed by atoms with E-state index in [0.29, 0.717) is 11.2 Å². The van der Waals surface area contributed by atoms with Crippen molar-refractivity contribution in [2.75, 3.05) is 11.4 Å². The maximum atomic E-state index is 6.05. The highest BCUT2D eigenvalue weighted by atomic mass is 35.5. The Labute approximate surface area is 102 Å². The van der Waals surface area contributed by atoms with E-state index in [4.69, 9.17) is 11.6 Å². The van der Waals surface area contributed by atoms with Gasteiger partial charge in [-0.3, -0.25) is 0 Å². The van der Waals surface area contributed by atoms with Gasteiger partial charge in [0.15, 0.2) is 0 Å². The summed E-state index contributed by atoms with van der Waals surface area (Å²) in [5.41, 5.74) is 1.00. The van der Waals surface area contributed by atoms with Crippen LogP contribution >= 0.6 is 11.6 Å². The molecule has 16 heavy (non-hydrogen) atoms. The predicted octanol–water partition coefficient (Wildman–Crippen LogP) is 3.21. The Hall–Kier alpha value is -0.830. The molecule has 1 aromatic heterocycles. The van der Waals surface area contributed by atoms with E-state index in [1.807, 2.05) is 6.92 Å². The average molecular weight is 240 g/mol. The van der Waals surface area contributed by atoms with Crippen molar-refractivity contribution in [1.29, 1.82) is 0 Å². The summed E-state index contributed by atoms with van der Waals surface area (Å²) >= 11 is 6.05. The van der Waals surface area contributed by atoms with Crippen LogP contribution < -0.4 is 4.90 Å². The lowest BCUT2D eigenvalue weighted by molar-refractivity contribution is 0.446. The molecule has 3 nitrogen and oxygen atoms in total. The van der Waals surface area contributed by atoms with Crippen molar-refractivity contribution >= 4 is 17.4 Å². The third-order valence-corrected chi connectivity index (χ3v) is 3.75. The second-order valence-electron chi connectivity index (χ2n) is 4.36. The molecule has 1 unspecified atom stereocenters. The lowest BCUT2D eigenvalue weighted by Gasteiger charge is -2.36. The van der Waals surface area contributed by atoms with Gasteiger partial charge in [-0.25, -0.2) is 9.97 Å². The van der Waals surface area contributed by atoms with Gasteiger partial charge < -0.3 is 4.90 Å². The van der Waals surface area contributed by atoms with Crippen LogP contribution in [-0.2, 0) is 0 Å². The fraction of sp³-hybridized carbons (Fsp3) is 0.667. The first-order valence-corrected chi connectivity index (χ1v) is 6.35. The Kier molecular flexibility index (Phi) is 3.64. The first-order valence-electron chi connectivity index (χ1n) is 5.97. The molecule has 1 aromatic rings. The zero-order valence-electron chi connectivity index (χ0n) is 9.91. The third-order valence-electron chi connectivity index (χ3n) is 3.37. The number of rotatable bonds is 2. The minimum absolute atomic E-state index is 0.574. The van der Waals surface area contributed by atoms with Gasteiger partial charge in [-0.1, -0.05) is 18.5 Å². The summed E-state index contributed by atoms with van der Waals surface area (Å²) in [7, 11) is 0. The number of hydrogen-bond donors (Lipinski definition) is 0. The molecule has 4 heteroatoms. The fourth-order valence-electron chi connectivity index (χ4n) is 2.41. The summed E-state index contributed by atoms with van der Waals surface area (Å²) in [4.78, 5) is 10.8. The number of piperidine rings is 1. The molecule has 88 valence electrons. The van der Waals surface area contributed by atoms with Gasteiger partial charge in [0.2, 0.25) is 0 Å². The van der Waals surface area contributed by atoms with Crippen LogP contribution in [0.1, 0.15) is 38.2 Å². The highest BCUT2D eigenvalue weighted by Crippen LogP contribution is 2.29. The summed E-state index contributed by atoms with van der Waals surface area (Å²) in [5, 5.41) is 0.574. The van der Waals surface area contributed by atoms with Gasteiger partial charge in [0, 0.05) is 18.2 Å². The maximum absolute atomic E-state index is 6.05. The lowest BCUT2D eigenvalue weighted by atomic mass is 9.99. The smallest absolute Gasteiger partial charge is 0.137 e. The monoisotopic (exact) mass is 239 g/mol. The van der Waals surface area contributed by atoms with Crippen molar-refractivity contribution in [1.82, 2.24) is 9.97 Å². The van der Waals surface area contributed by atoms with E-state index in [9.17, 15) is 0 Å². The van der Waals surface area contributed by atoms with Crippen LogP contribution in [0.2, 0.25) is 5.15 Å². The van der Waals surface area contributed by atoms with Crippen molar-refractivity contribution in [3.05, 3.63) is 17.0 Å². The maximum Gasteiger partial charge on any atom is 0.137 e. The van der Waals surface area contributed by atoms with E-state index < -0.39 is 0 Å². The van der Waals surface area contributed by atoms with Crippen LogP contribution in [0.4, 0.5) is 5.82 Å². The summed E-state index contributed by atoms with van der Waals surface area (Å²) in [6.45, 7) is 5.33. The number of halogens is 1. The lowest BCUT2D eigenvalue weighted by Crippen LogP contribution is -2.40. The normalized spacial score (nSPS) is 21.2. The molecular weight excluding hydrogens is 222 g/mol. The van der Waals surface area contributed by atoms with Crippen LogP contribution in [0.25, 0.3) is 0 Å². The van der Waals surface area contributed by atoms with E-state index in [-0.39, 0.29) is 0 Å². The Morgan fingerprint density at radius 1 is 1.44 bits per heavy atom. The summed E-state index contributed by atoms with van der Waals surface area (Å²) in [5.74, 6) is 1.02. The summed E-state index contributed by atoms with van der Waals surface area (Å²) in [6.07, 6.45) is 6.56. The van der Waals surface area contributed by atoms with Crippen LogP contribution in [0.15, 0.2) is 6.33 Å². The molecule has 0 spiro atoms. The van der Waals surface area contributed by atoms with Gasteiger partial charge >= 0.3 is 0 Å². The highest BCUT2D eigenvalue weighted by molar-refractivity contribution is 6.30. The van der Waals surface area contributed by atoms with Gasteiger partial charge in [-0.2, -0.15) is 0 Å². The van der Waals surface area contributed by atoms with Gasteiger partial charge in [-0.15, -0.1) is 0 Å². The minimum atomic E-state index is 0.574.